The summed E-state index contributed by atoms with van der Waals surface area (Å²) in [6.45, 7) is 6.65. The average Bonchev–Trinajstić information content (AvgIpc) is 2.25. The minimum atomic E-state index is 0.0874. The first-order chi connectivity index (χ1) is 7.58. The molecule has 1 fully saturated rings. The van der Waals surface area contributed by atoms with Gasteiger partial charge in [-0.05, 0) is 30.5 Å². The third-order valence-corrected chi connectivity index (χ3v) is 3.33. The van der Waals surface area contributed by atoms with E-state index < -0.39 is 0 Å². The van der Waals surface area contributed by atoms with E-state index in [9.17, 15) is 0 Å². The van der Waals surface area contributed by atoms with Gasteiger partial charge in [0.2, 0.25) is 0 Å². The van der Waals surface area contributed by atoms with E-state index in [1.54, 1.807) is 0 Å². The molecule has 88 valence electrons. The zero-order chi connectivity index (χ0) is 11.6. The number of pyridine rings is 1. The number of aromatic nitrogens is 1. The van der Waals surface area contributed by atoms with Crippen molar-refractivity contribution in [2.45, 2.75) is 25.7 Å². The van der Waals surface area contributed by atoms with Crippen LogP contribution in [0.15, 0.2) is 24.4 Å². The first-order valence-corrected chi connectivity index (χ1v) is 5.77. The van der Waals surface area contributed by atoms with Crippen LogP contribution in [0.3, 0.4) is 0 Å². The molecule has 0 spiro atoms. The molecule has 1 saturated heterocycles. The summed E-state index contributed by atoms with van der Waals surface area (Å²) >= 11 is 0. The van der Waals surface area contributed by atoms with Crippen LogP contribution in [0.2, 0.25) is 0 Å². The van der Waals surface area contributed by atoms with E-state index in [1.807, 2.05) is 18.3 Å². The molecule has 0 aromatic carbocycles. The second-order valence-corrected chi connectivity index (χ2v) is 5.53. The van der Waals surface area contributed by atoms with Crippen LogP contribution in [0.25, 0.3) is 0 Å². The summed E-state index contributed by atoms with van der Waals surface area (Å²) in [6.07, 6.45) is 2.89. The zero-order valence-electron chi connectivity index (χ0n) is 10.1. The van der Waals surface area contributed by atoms with Crippen molar-refractivity contribution in [3.05, 3.63) is 30.1 Å². The van der Waals surface area contributed by atoms with Crippen LogP contribution in [-0.4, -0.2) is 24.7 Å². The average molecular weight is 220 g/mol. The molecule has 1 aliphatic rings. The summed E-state index contributed by atoms with van der Waals surface area (Å²) in [6, 6.07) is 6.08. The molecule has 0 saturated carbocycles. The molecule has 3 nitrogen and oxygen atoms in total. The number of hydrogen-bond acceptors (Lipinski definition) is 3. The van der Waals surface area contributed by atoms with Crippen LogP contribution >= 0.6 is 0 Å². The Balaban J connectivity index is 2.21. The minimum absolute atomic E-state index is 0.0874. The molecular weight excluding hydrogens is 200 g/mol. The van der Waals surface area contributed by atoms with Crippen molar-refractivity contribution >= 4 is 0 Å². The number of nitrogens with two attached hydrogens (primary N) is 1. The number of hydrogen-bond donors (Lipinski definition) is 1. The highest BCUT2D eigenvalue weighted by atomic mass is 16.5. The Hall–Kier alpha value is -0.930. The van der Waals surface area contributed by atoms with Crippen LogP contribution in [0.4, 0.5) is 0 Å². The van der Waals surface area contributed by atoms with Gasteiger partial charge in [-0.2, -0.15) is 0 Å². The predicted molar refractivity (Wildman–Crippen MR) is 64.2 cm³/mol. The highest BCUT2D eigenvalue weighted by Crippen LogP contribution is 2.41. The summed E-state index contributed by atoms with van der Waals surface area (Å²) in [5.74, 6) is 0. The van der Waals surface area contributed by atoms with Crippen LogP contribution in [0.5, 0.6) is 0 Å². The maximum absolute atomic E-state index is 5.81. The van der Waals surface area contributed by atoms with Gasteiger partial charge in [0.05, 0.1) is 24.3 Å². The summed E-state index contributed by atoms with van der Waals surface area (Å²) in [5.41, 5.74) is 7.18. The second-order valence-electron chi connectivity index (χ2n) is 5.53. The fraction of sp³-hybridized carbons (Fsp3) is 0.615. The molecular formula is C13H20N2O. The standard InChI is InChI=1S/C13H20N2O/c1-12(2,8-14)7-13(9-16-10-13)11-5-3-4-6-15-11/h3-6H,7-10,14H2,1-2H3. The van der Waals surface area contributed by atoms with Crippen molar-refractivity contribution in [1.82, 2.24) is 4.98 Å². The van der Waals surface area contributed by atoms with E-state index in [4.69, 9.17) is 10.5 Å². The van der Waals surface area contributed by atoms with Crippen molar-refractivity contribution in [3.8, 4) is 0 Å². The van der Waals surface area contributed by atoms with Gasteiger partial charge >= 0.3 is 0 Å². The van der Waals surface area contributed by atoms with Crippen LogP contribution in [0.1, 0.15) is 26.0 Å². The lowest BCUT2D eigenvalue weighted by molar-refractivity contribution is -0.0807. The van der Waals surface area contributed by atoms with Gasteiger partial charge in [0.1, 0.15) is 0 Å². The molecule has 3 heteroatoms. The monoisotopic (exact) mass is 220 g/mol. The zero-order valence-corrected chi connectivity index (χ0v) is 10.1. The Labute approximate surface area is 97.0 Å². The van der Waals surface area contributed by atoms with Gasteiger partial charge in [0, 0.05) is 6.20 Å². The lowest BCUT2D eigenvalue weighted by atomic mass is 9.69. The minimum Gasteiger partial charge on any atom is -0.379 e. The maximum Gasteiger partial charge on any atom is 0.0601 e. The van der Waals surface area contributed by atoms with Crippen LogP contribution < -0.4 is 5.73 Å². The van der Waals surface area contributed by atoms with E-state index in [0.29, 0.717) is 6.54 Å². The molecule has 1 aromatic heterocycles. The van der Waals surface area contributed by atoms with Crippen molar-refractivity contribution in [1.29, 1.82) is 0 Å². The maximum atomic E-state index is 5.81. The quantitative estimate of drug-likeness (QED) is 0.840. The predicted octanol–water partition coefficient (Wildman–Crippen LogP) is 1.72. The fourth-order valence-corrected chi connectivity index (χ4v) is 2.35. The van der Waals surface area contributed by atoms with Gasteiger partial charge in [-0.3, -0.25) is 4.98 Å². The molecule has 0 amide bonds. The topological polar surface area (TPSA) is 48.1 Å². The molecule has 2 N–H and O–H groups in total. The smallest absolute Gasteiger partial charge is 0.0601 e. The summed E-state index contributed by atoms with van der Waals surface area (Å²) in [7, 11) is 0. The van der Waals surface area contributed by atoms with Gasteiger partial charge in [-0.15, -0.1) is 0 Å². The van der Waals surface area contributed by atoms with E-state index >= 15 is 0 Å². The van der Waals surface area contributed by atoms with Gasteiger partial charge in [0.25, 0.3) is 0 Å². The summed E-state index contributed by atoms with van der Waals surface area (Å²) < 4.78 is 5.40. The van der Waals surface area contributed by atoms with Gasteiger partial charge in [-0.1, -0.05) is 19.9 Å². The molecule has 0 aliphatic carbocycles. The first kappa shape index (κ1) is 11.6. The number of rotatable bonds is 4. The largest absolute Gasteiger partial charge is 0.379 e. The molecule has 2 rings (SSSR count). The van der Waals surface area contributed by atoms with Gasteiger partial charge in [-0.25, -0.2) is 0 Å². The van der Waals surface area contributed by atoms with E-state index in [0.717, 1.165) is 25.3 Å². The van der Waals surface area contributed by atoms with E-state index in [-0.39, 0.29) is 10.8 Å². The van der Waals surface area contributed by atoms with E-state index in [2.05, 4.69) is 24.9 Å². The Morgan fingerprint density at radius 3 is 2.62 bits per heavy atom. The molecule has 0 unspecified atom stereocenters. The van der Waals surface area contributed by atoms with Crippen LogP contribution in [-0.2, 0) is 10.2 Å². The fourth-order valence-electron chi connectivity index (χ4n) is 2.35. The molecule has 2 heterocycles. The second kappa shape index (κ2) is 4.15. The van der Waals surface area contributed by atoms with E-state index in [1.165, 1.54) is 0 Å². The molecule has 0 bridgehead atoms. The number of ether oxygens (including phenoxy) is 1. The Morgan fingerprint density at radius 1 is 1.44 bits per heavy atom. The summed E-state index contributed by atoms with van der Waals surface area (Å²) in [4.78, 5) is 4.47. The normalized spacial score (nSPS) is 19.2. The molecule has 0 radical (unpaired) electrons. The lowest BCUT2D eigenvalue weighted by Gasteiger charge is -2.45. The van der Waals surface area contributed by atoms with Gasteiger partial charge in [0.15, 0.2) is 0 Å². The number of nitrogens with zero attached hydrogens (tertiary/aromatic N) is 1. The Morgan fingerprint density at radius 2 is 2.19 bits per heavy atom. The third kappa shape index (κ3) is 2.11. The Bertz CT molecular complexity index is 344. The van der Waals surface area contributed by atoms with Crippen LogP contribution in [0, 0.1) is 5.41 Å². The van der Waals surface area contributed by atoms with Gasteiger partial charge < -0.3 is 10.5 Å². The highest BCUT2D eigenvalue weighted by molar-refractivity contribution is 5.21. The molecule has 1 aliphatic heterocycles. The Kier molecular flexibility index (Phi) is 3.00. The van der Waals surface area contributed by atoms with Crippen molar-refractivity contribution in [3.63, 3.8) is 0 Å². The highest BCUT2D eigenvalue weighted by Gasteiger charge is 2.44. The summed E-state index contributed by atoms with van der Waals surface area (Å²) in [5, 5.41) is 0. The SMILES string of the molecule is CC(C)(CN)CC1(c2ccccn2)COC1. The molecule has 0 atom stereocenters. The van der Waals surface area contributed by atoms with Crippen molar-refractivity contribution in [2.24, 2.45) is 11.1 Å². The first-order valence-electron chi connectivity index (χ1n) is 5.77. The lowest BCUT2D eigenvalue weighted by Crippen LogP contribution is -2.51. The molecule has 1 aromatic rings. The molecule has 16 heavy (non-hydrogen) atoms. The van der Waals surface area contributed by atoms with Crippen molar-refractivity contribution in [2.75, 3.05) is 19.8 Å². The third-order valence-electron chi connectivity index (χ3n) is 3.33. The van der Waals surface area contributed by atoms with Crippen molar-refractivity contribution < 1.29 is 4.74 Å².